The van der Waals surface area contributed by atoms with Crippen LogP contribution in [-0.2, 0) is 10.0 Å². The minimum absolute atomic E-state index is 0.0367. The van der Waals surface area contributed by atoms with Gasteiger partial charge in [-0.15, -0.1) is 0 Å². The highest BCUT2D eigenvalue weighted by atomic mass is 32.2. The molecule has 0 radical (unpaired) electrons. The Balaban J connectivity index is 2.19. The zero-order chi connectivity index (χ0) is 15.0. The minimum Gasteiger partial charge on any atom is -0.345 e. The average Bonchev–Trinajstić information content (AvgIpc) is 2.88. The summed E-state index contributed by atoms with van der Waals surface area (Å²) < 4.78 is 22.8. The number of benzene rings is 1. The van der Waals surface area contributed by atoms with E-state index in [2.05, 4.69) is 16.0 Å². The van der Waals surface area contributed by atoms with Crippen LogP contribution in [0.15, 0.2) is 47.6 Å². The van der Waals surface area contributed by atoms with E-state index in [1.165, 1.54) is 12.1 Å². The lowest BCUT2D eigenvalue weighted by atomic mass is 10.1. The van der Waals surface area contributed by atoms with Gasteiger partial charge in [-0.25, -0.2) is 18.5 Å². The predicted octanol–water partition coefficient (Wildman–Crippen LogP) is 1.75. The van der Waals surface area contributed by atoms with E-state index in [1.807, 2.05) is 0 Å². The lowest BCUT2D eigenvalue weighted by Gasteiger charge is -2.04. The fourth-order valence-corrected chi connectivity index (χ4v) is 2.67. The fourth-order valence-electron chi connectivity index (χ4n) is 2.11. The highest BCUT2D eigenvalue weighted by molar-refractivity contribution is 7.89. The van der Waals surface area contributed by atoms with Gasteiger partial charge < -0.3 is 4.98 Å². The molecule has 2 aromatic heterocycles. The van der Waals surface area contributed by atoms with Crippen LogP contribution in [0.4, 0.5) is 0 Å². The summed E-state index contributed by atoms with van der Waals surface area (Å²) in [5.74, 6) is 0. The first-order valence-corrected chi connectivity index (χ1v) is 7.54. The molecule has 0 aliphatic heterocycles. The smallest absolute Gasteiger partial charge is 0.238 e. The van der Waals surface area contributed by atoms with Gasteiger partial charge in [-0.3, -0.25) is 0 Å². The van der Waals surface area contributed by atoms with Crippen molar-refractivity contribution in [1.82, 2.24) is 9.97 Å². The van der Waals surface area contributed by atoms with E-state index >= 15 is 0 Å². The molecule has 0 spiro atoms. The Kier molecular flexibility index (Phi) is 2.97. The molecule has 0 bridgehead atoms. The summed E-state index contributed by atoms with van der Waals surface area (Å²) in [5.41, 5.74) is 2.48. The van der Waals surface area contributed by atoms with Gasteiger partial charge in [-0.1, -0.05) is 12.1 Å². The molecule has 7 heteroatoms. The number of aromatic nitrogens is 2. The molecule has 104 valence electrons. The second kappa shape index (κ2) is 4.70. The van der Waals surface area contributed by atoms with Gasteiger partial charge in [0.1, 0.15) is 11.7 Å². The highest BCUT2D eigenvalue weighted by Gasteiger charge is 2.10. The number of hydrogen-bond donors (Lipinski definition) is 2. The molecule has 2 heterocycles. The zero-order valence-corrected chi connectivity index (χ0v) is 11.6. The van der Waals surface area contributed by atoms with Crippen molar-refractivity contribution in [2.24, 2.45) is 5.14 Å². The van der Waals surface area contributed by atoms with Crippen molar-refractivity contribution in [3.05, 3.63) is 48.3 Å². The van der Waals surface area contributed by atoms with Gasteiger partial charge >= 0.3 is 0 Å². The molecule has 3 aromatic rings. The van der Waals surface area contributed by atoms with Crippen LogP contribution in [0, 0.1) is 11.3 Å². The topological polar surface area (TPSA) is 113 Å². The molecular weight excluding hydrogens is 288 g/mol. The van der Waals surface area contributed by atoms with Gasteiger partial charge in [-0.2, -0.15) is 5.26 Å². The van der Waals surface area contributed by atoms with Gasteiger partial charge in [0.25, 0.3) is 0 Å². The molecule has 3 N–H and O–H groups in total. The number of pyridine rings is 1. The van der Waals surface area contributed by atoms with Crippen molar-refractivity contribution in [3.8, 4) is 17.2 Å². The number of primary sulfonamides is 1. The average molecular weight is 298 g/mol. The van der Waals surface area contributed by atoms with Crippen LogP contribution in [0.25, 0.3) is 22.2 Å². The molecule has 21 heavy (non-hydrogen) atoms. The van der Waals surface area contributed by atoms with Crippen molar-refractivity contribution in [2.75, 3.05) is 0 Å². The maximum Gasteiger partial charge on any atom is 0.238 e. The van der Waals surface area contributed by atoms with Crippen molar-refractivity contribution in [3.63, 3.8) is 0 Å². The molecule has 6 nitrogen and oxygen atoms in total. The van der Waals surface area contributed by atoms with Crippen LogP contribution in [0.2, 0.25) is 0 Å². The molecule has 0 saturated carbocycles. The third-order valence-electron chi connectivity index (χ3n) is 3.15. The standard InChI is InChI=1S/C14H10N4O2S/c15-6-11-8-18-14-13(11)5-10(7-17-14)9-2-1-3-12(4-9)21(16,19)20/h1-5,7-8H,(H,17,18)(H2,16,19,20). The first-order valence-electron chi connectivity index (χ1n) is 5.99. The summed E-state index contributed by atoms with van der Waals surface area (Å²) in [4.78, 5) is 7.17. The molecular formula is C14H10N4O2S. The van der Waals surface area contributed by atoms with E-state index < -0.39 is 10.0 Å². The van der Waals surface area contributed by atoms with Gasteiger partial charge in [-0.05, 0) is 23.8 Å². The number of sulfonamides is 1. The Morgan fingerprint density at radius 1 is 1.24 bits per heavy atom. The van der Waals surface area contributed by atoms with Crippen molar-refractivity contribution < 1.29 is 8.42 Å². The third kappa shape index (κ3) is 2.38. The summed E-state index contributed by atoms with van der Waals surface area (Å²) in [6.45, 7) is 0. The zero-order valence-electron chi connectivity index (χ0n) is 10.7. The summed E-state index contributed by atoms with van der Waals surface area (Å²) in [5, 5.41) is 14.9. The normalized spacial score (nSPS) is 11.4. The van der Waals surface area contributed by atoms with E-state index in [0.717, 1.165) is 0 Å². The number of hydrogen-bond acceptors (Lipinski definition) is 4. The fraction of sp³-hybridized carbons (Fsp3) is 0. The SMILES string of the molecule is N#Cc1c[nH]c2ncc(-c3cccc(S(N)(=O)=O)c3)cc12. The third-order valence-corrected chi connectivity index (χ3v) is 4.06. The number of fused-ring (bicyclic) bond motifs is 1. The number of H-pyrrole nitrogens is 1. The maximum atomic E-state index is 11.4. The highest BCUT2D eigenvalue weighted by Crippen LogP contribution is 2.25. The van der Waals surface area contributed by atoms with Gasteiger partial charge in [0.2, 0.25) is 10.0 Å². The first kappa shape index (κ1) is 13.3. The Hall–Kier alpha value is -2.69. The molecule has 3 rings (SSSR count). The summed E-state index contributed by atoms with van der Waals surface area (Å²) in [6.07, 6.45) is 3.20. The Bertz CT molecular complexity index is 984. The quantitative estimate of drug-likeness (QED) is 0.750. The van der Waals surface area contributed by atoms with Crippen LogP contribution in [0.3, 0.4) is 0 Å². The van der Waals surface area contributed by atoms with Crippen molar-refractivity contribution >= 4 is 21.1 Å². The van der Waals surface area contributed by atoms with E-state index in [-0.39, 0.29) is 4.90 Å². The summed E-state index contributed by atoms with van der Waals surface area (Å²) >= 11 is 0. The lowest BCUT2D eigenvalue weighted by molar-refractivity contribution is 0.598. The van der Waals surface area contributed by atoms with Crippen LogP contribution < -0.4 is 5.14 Å². The largest absolute Gasteiger partial charge is 0.345 e. The van der Waals surface area contributed by atoms with Gasteiger partial charge in [0, 0.05) is 23.3 Å². The molecule has 0 amide bonds. The van der Waals surface area contributed by atoms with Gasteiger partial charge in [0.15, 0.2) is 0 Å². The number of nitrogens with two attached hydrogens (primary N) is 1. The number of rotatable bonds is 2. The van der Waals surface area contributed by atoms with Crippen LogP contribution in [0.5, 0.6) is 0 Å². The first-order chi connectivity index (χ1) is 9.99. The van der Waals surface area contributed by atoms with Crippen LogP contribution in [-0.4, -0.2) is 18.4 Å². The van der Waals surface area contributed by atoms with Crippen molar-refractivity contribution in [2.45, 2.75) is 4.90 Å². The maximum absolute atomic E-state index is 11.4. The molecule has 0 unspecified atom stereocenters. The molecule has 0 aliphatic carbocycles. The number of aromatic amines is 1. The minimum atomic E-state index is -3.76. The molecule has 0 saturated heterocycles. The summed E-state index contributed by atoms with van der Waals surface area (Å²) in [6, 6.07) is 10.2. The summed E-state index contributed by atoms with van der Waals surface area (Å²) in [7, 11) is -3.76. The Morgan fingerprint density at radius 3 is 2.76 bits per heavy atom. The monoisotopic (exact) mass is 298 g/mol. The predicted molar refractivity (Wildman–Crippen MR) is 77.6 cm³/mol. The van der Waals surface area contributed by atoms with Crippen molar-refractivity contribution in [1.29, 1.82) is 5.26 Å². The molecule has 1 aromatic carbocycles. The lowest BCUT2D eigenvalue weighted by Crippen LogP contribution is -2.11. The number of nitriles is 1. The van der Waals surface area contributed by atoms with E-state index in [0.29, 0.717) is 27.7 Å². The Labute approximate surface area is 120 Å². The number of nitrogens with zero attached hydrogens (tertiary/aromatic N) is 2. The molecule has 0 atom stereocenters. The van der Waals surface area contributed by atoms with Crippen LogP contribution >= 0.6 is 0 Å². The Morgan fingerprint density at radius 2 is 2.05 bits per heavy atom. The molecule has 0 aliphatic rings. The van der Waals surface area contributed by atoms with Crippen LogP contribution in [0.1, 0.15) is 5.56 Å². The molecule has 0 fully saturated rings. The van der Waals surface area contributed by atoms with E-state index in [1.54, 1.807) is 30.6 Å². The second-order valence-corrected chi connectivity index (χ2v) is 6.07. The number of nitrogens with one attached hydrogen (secondary N) is 1. The second-order valence-electron chi connectivity index (χ2n) is 4.51. The van der Waals surface area contributed by atoms with Gasteiger partial charge in [0.05, 0.1) is 10.5 Å². The van der Waals surface area contributed by atoms with E-state index in [9.17, 15) is 8.42 Å². The van der Waals surface area contributed by atoms with E-state index in [4.69, 9.17) is 10.4 Å².